The van der Waals surface area contributed by atoms with Gasteiger partial charge in [-0.2, -0.15) is 13.2 Å². The van der Waals surface area contributed by atoms with Crippen molar-refractivity contribution < 1.29 is 32.6 Å². The van der Waals surface area contributed by atoms with Crippen molar-refractivity contribution in [3.8, 4) is 17.0 Å². The molecule has 0 aliphatic rings. The van der Waals surface area contributed by atoms with Crippen molar-refractivity contribution in [3.05, 3.63) is 70.6 Å². The average Bonchev–Trinajstić information content (AvgIpc) is 3.38. The van der Waals surface area contributed by atoms with Crippen molar-refractivity contribution in [1.29, 1.82) is 0 Å². The Labute approximate surface area is 247 Å². The fourth-order valence-corrected chi connectivity index (χ4v) is 4.35. The maximum atomic E-state index is 13.0. The highest BCUT2D eigenvalue weighted by Gasteiger charge is 2.38. The fourth-order valence-electron chi connectivity index (χ4n) is 4.13. The Kier molecular flexibility index (Phi) is 10.6. The first kappa shape index (κ1) is 32.9. The highest BCUT2D eigenvalue weighted by atomic mass is 35.5. The molecule has 2 unspecified atom stereocenters. The Hall–Kier alpha value is -3.61. The van der Waals surface area contributed by atoms with E-state index in [1.165, 1.54) is 18.2 Å². The quantitative estimate of drug-likeness (QED) is 0.243. The Balaban J connectivity index is 1.76. The average molecular weight is 610 g/mol. The highest BCUT2D eigenvalue weighted by Crippen LogP contribution is 2.31. The number of ether oxygens (including phenoxy) is 1. The number of rotatable bonds is 12. The third-order valence-electron chi connectivity index (χ3n) is 6.42. The van der Waals surface area contributed by atoms with Crippen molar-refractivity contribution in [1.82, 2.24) is 20.2 Å². The van der Waals surface area contributed by atoms with Gasteiger partial charge in [-0.15, -0.1) is 0 Å². The highest BCUT2D eigenvalue weighted by molar-refractivity contribution is 6.32. The van der Waals surface area contributed by atoms with E-state index < -0.39 is 35.7 Å². The van der Waals surface area contributed by atoms with Crippen LogP contribution in [-0.2, 0) is 23.4 Å². The predicted molar refractivity (Wildman–Crippen MR) is 153 cm³/mol. The van der Waals surface area contributed by atoms with E-state index in [2.05, 4.69) is 15.6 Å². The lowest BCUT2D eigenvalue weighted by Crippen LogP contribution is -2.46. The Morgan fingerprint density at radius 1 is 1.17 bits per heavy atom. The second kappa shape index (κ2) is 13.6. The number of alkyl halides is 3. The summed E-state index contributed by atoms with van der Waals surface area (Å²) < 4.78 is 45.3. The molecule has 3 rings (SSSR count). The maximum absolute atomic E-state index is 13.0. The molecule has 228 valence electrons. The number of nitrogens with one attached hydrogen (secondary N) is 2. The first-order chi connectivity index (χ1) is 19.6. The van der Waals surface area contributed by atoms with E-state index in [0.29, 0.717) is 24.5 Å². The van der Waals surface area contributed by atoms with Crippen LogP contribution in [0.25, 0.3) is 11.3 Å². The second-order valence-corrected chi connectivity index (χ2v) is 10.7. The summed E-state index contributed by atoms with van der Waals surface area (Å²) in [5.74, 6) is -0.595. The molecule has 0 saturated carbocycles. The van der Waals surface area contributed by atoms with Crippen LogP contribution < -0.4 is 21.1 Å². The summed E-state index contributed by atoms with van der Waals surface area (Å²) in [6.45, 7) is 6.68. The lowest BCUT2D eigenvalue weighted by atomic mass is 10.0. The van der Waals surface area contributed by atoms with E-state index >= 15 is 0 Å². The minimum atomic E-state index is -4.57. The van der Waals surface area contributed by atoms with E-state index in [-0.39, 0.29) is 29.4 Å². The molecule has 0 fully saturated rings. The van der Waals surface area contributed by atoms with Crippen LogP contribution in [0.5, 0.6) is 5.75 Å². The van der Waals surface area contributed by atoms with E-state index in [0.717, 1.165) is 18.1 Å². The summed E-state index contributed by atoms with van der Waals surface area (Å²) in [6, 6.07) is 10.7. The van der Waals surface area contributed by atoms with Gasteiger partial charge in [-0.25, -0.2) is 4.98 Å². The third-order valence-corrected chi connectivity index (χ3v) is 6.72. The van der Waals surface area contributed by atoms with Crippen LogP contribution in [0.4, 0.5) is 13.2 Å². The van der Waals surface area contributed by atoms with Crippen LogP contribution in [0.1, 0.15) is 49.4 Å². The number of amides is 2. The zero-order valence-corrected chi connectivity index (χ0v) is 24.5. The fraction of sp³-hybridized carbons (Fsp3) is 0.414. The summed E-state index contributed by atoms with van der Waals surface area (Å²) in [5, 5.41) is 15.8. The smallest absolute Gasteiger partial charge is 0.425 e. The number of carbonyl (C=O) groups excluding carboxylic acids is 2. The summed E-state index contributed by atoms with van der Waals surface area (Å²) in [5.41, 5.74) is 6.79. The molecule has 0 saturated heterocycles. The topological polar surface area (TPSA) is 132 Å². The van der Waals surface area contributed by atoms with Gasteiger partial charge >= 0.3 is 6.18 Å². The van der Waals surface area contributed by atoms with Crippen molar-refractivity contribution in [2.75, 3.05) is 13.1 Å². The van der Waals surface area contributed by atoms with Gasteiger partial charge in [0.1, 0.15) is 17.2 Å². The molecule has 5 N–H and O–H groups in total. The molecule has 2 aromatic carbocycles. The number of aliphatic hydroxyl groups is 1. The van der Waals surface area contributed by atoms with Crippen LogP contribution in [0.3, 0.4) is 0 Å². The number of hydrogen-bond donors (Lipinski definition) is 4. The molecule has 0 bridgehead atoms. The van der Waals surface area contributed by atoms with Gasteiger partial charge in [0.15, 0.2) is 6.10 Å². The molecular weight excluding hydrogens is 575 g/mol. The summed E-state index contributed by atoms with van der Waals surface area (Å²) in [7, 11) is 0. The number of carbonyl (C=O) groups is 2. The van der Waals surface area contributed by atoms with E-state index in [1.807, 2.05) is 42.0 Å². The summed E-state index contributed by atoms with van der Waals surface area (Å²) in [4.78, 5) is 29.4. The number of nitrogens with two attached hydrogens (primary N) is 1. The van der Waals surface area contributed by atoms with Gasteiger partial charge in [0.05, 0.1) is 23.3 Å². The predicted octanol–water partition coefficient (Wildman–Crippen LogP) is 4.20. The lowest BCUT2D eigenvalue weighted by Gasteiger charge is -2.21. The molecule has 1 aromatic heterocycles. The molecule has 42 heavy (non-hydrogen) atoms. The molecule has 0 radical (unpaired) electrons. The van der Waals surface area contributed by atoms with Gasteiger partial charge in [0.25, 0.3) is 5.91 Å². The zero-order valence-electron chi connectivity index (χ0n) is 23.8. The van der Waals surface area contributed by atoms with Crippen molar-refractivity contribution in [2.45, 2.75) is 64.6 Å². The van der Waals surface area contributed by atoms with Gasteiger partial charge in [-0.1, -0.05) is 35.9 Å². The maximum Gasteiger partial charge on any atom is 0.425 e. The molecule has 0 spiro atoms. The second-order valence-electron chi connectivity index (χ2n) is 10.3. The number of nitrogens with zero attached hydrogens (tertiary/aromatic N) is 2. The van der Waals surface area contributed by atoms with Crippen molar-refractivity contribution in [3.63, 3.8) is 0 Å². The molecule has 13 heteroatoms. The van der Waals surface area contributed by atoms with Crippen LogP contribution in [0.2, 0.25) is 5.02 Å². The lowest BCUT2D eigenvalue weighted by molar-refractivity contribution is -0.189. The number of aryl methyl sites for hydroxylation is 1. The number of benzene rings is 2. The molecule has 0 aliphatic heterocycles. The molecule has 9 nitrogen and oxygen atoms in total. The van der Waals surface area contributed by atoms with Gasteiger partial charge < -0.3 is 30.8 Å². The van der Waals surface area contributed by atoms with Gasteiger partial charge in [0, 0.05) is 30.4 Å². The number of hydrogen-bond acceptors (Lipinski definition) is 6. The van der Waals surface area contributed by atoms with E-state index in [9.17, 15) is 27.9 Å². The summed E-state index contributed by atoms with van der Waals surface area (Å²) in [6.07, 6.45) is -4.44. The number of aromatic nitrogens is 2. The Morgan fingerprint density at radius 3 is 2.36 bits per heavy atom. The third kappa shape index (κ3) is 8.70. The molecule has 0 aliphatic carbocycles. The molecule has 2 amide bonds. The molecule has 2 atom stereocenters. The van der Waals surface area contributed by atoms with E-state index in [4.69, 9.17) is 22.1 Å². The molecule has 1 heterocycles. The first-order valence-corrected chi connectivity index (χ1v) is 13.7. The van der Waals surface area contributed by atoms with E-state index in [1.54, 1.807) is 13.8 Å². The largest absolute Gasteiger partial charge is 0.480 e. The number of halogens is 4. The van der Waals surface area contributed by atoms with Crippen LogP contribution >= 0.6 is 11.6 Å². The first-order valence-electron chi connectivity index (χ1n) is 13.3. The molecule has 3 aromatic rings. The van der Waals surface area contributed by atoms with Gasteiger partial charge in [-0.05, 0) is 57.9 Å². The monoisotopic (exact) mass is 609 g/mol. The normalized spacial score (nSPS) is 13.4. The minimum absolute atomic E-state index is 0.0808. The van der Waals surface area contributed by atoms with Crippen molar-refractivity contribution >= 4 is 23.4 Å². The molecular formula is C29H35ClF3N5O4. The standard InChI is InChI=1S/C29H35ClF3N5O4/c1-5-38-16-23(37-27(38)28(3,4)41)19-8-6-18(7-9-19)12-21(15-35-25(39)14-34)36-26(40)20-10-11-24(22(30)13-20)42-17(2)29(31,32)33/h6-11,13,16-17,21,41H,5,12,14-15,34H2,1-4H3,(H,35,39)(H,36,40). The SMILES string of the molecule is CCn1cc(-c2ccc(CC(CNC(=O)CN)NC(=O)c3ccc(OC(C)C(F)(F)F)c(Cl)c3)cc2)nc1C(C)(C)O. The van der Waals surface area contributed by atoms with Gasteiger partial charge in [0.2, 0.25) is 5.91 Å². The van der Waals surface area contributed by atoms with Crippen LogP contribution in [-0.4, -0.2) is 57.9 Å². The van der Waals surface area contributed by atoms with Gasteiger partial charge in [-0.3, -0.25) is 9.59 Å². The Morgan fingerprint density at radius 2 is 1.83 bits per heavy atom. The summed E-state index contributed by atoms with van der Waals surface area (Å²) >= 11 is 6.10. The number of imidazole rings is 1. The van der Waals surface area contributed by atoms with Crippen LogP contribution in [0.15, 0.2) is 48.7 Å². The Bertz CT molecular complexity index is 1390. The minimum Gasteiger partial charge on any atom is -0.480 e. The van der Waals surface area contributed by atoms with Crippen molar-refractivity contribution in [2.24, 2.45) is 5.73 Å². The zero-order chi connectivity index (χ0) is 31.2. The van der Waals surface area contributed by atoms with Crippen LogP contribution in [0, 0.1) is 0 Å².